The largest absolute Gasteiger partial charge is 0.443 e. The molecule has 1 aliphatic rings. The van der Waals surface area contributed by atoms with Gasteiger partial charge in [-0.1, -0.05) is 6.07 Å². The maximum atomic E-state index is 12.6. The second kappa shape index (κ2) is 5.77. The first-order valence-corrected chi connectivity index (χ1v) is 7.68. The van der Waals surface area contributed by atoms with Crippen LogP contribution in [0.3, 0.4) is 0 Å². The second-order valence-electron chi connectivity index (χ2n) is 6.69. The number of aromatic nitrogens is 2. The third kappa shape index (κ3) is 3.12. The lowest BCUT2D eigenvalue weighted by Crippen LogP contribution is -2.26. The summed E-state index contributed by atoms with van der Waals surface area (Å²) in [6, 6.07) is 5.26. The first-order valence-electron chi connectivity index (χ1n) is 7.68. The number of para-hydroxylation sites is 1. The molecule has 2 aromatic rings. The van der Waals surface area contributed by atoms with Gasteiger partial charge >= 0.3 is 6.09 Å². The third-order valence-electron chi connectivity index (χ3n) is 3.73. The molecular formula is C17H20N2O4. The fraction of sp³-hybridized carbons (Fsp3) is 0.471. The van der Waals surface area contributed by atoms with E-state index in [1.165, 1.54) is 10.9 Å². The molecule has 1 aromatic heterocycles. The number of rotatable bonds is 2. The average molecular weight is 316 g/mol. The summed E-state index contributed by atoms with van der Waals surface area (Å²) in [6.07, 6.45) is 1.62. The van der Waals surface area contributed by atoms with Gasteiger partial charge in [-0.25, -0.2) is 14.3 Å². The van der Waals surface area contributed by atoms with E-state index in [9.17, 15) is 9.59 Å². The van der Waals surface area contributed by atoms with Gasteiger partial charge in [-0.05, 0) is 39.3 Å². The third-order valence-corrected chi connectivity index (χ3v) is 3.73. The van der Waals surface area contributed by atoms with Crippen LogP contribution < -0.4 is 0 Å². The number of benzene rings is 1. The summed E-state index contributed by atoms with van der Waals surface area (Å²) < 4.78 is 12.0. The number of imidazole rings is 1. The smallest absolute Gasteiger partial charge is 0.420 e. The Hall–Kier alpha value is -2.21. The normalized spacial score (nSPS) is 18.3. The van der Waals surface area contributed by atoms with Crippen LogP contribution in [0, 0.1) is 5.92 Å². The summed E-state index contributed by atoms with van der Waals surface area (Å²) in [5.74, 6) is -0.116. The first kappa shape index (κ1) is 15.7. The van der Waals surface area contributed by atoms with Crippen molar-refractivity contribution in [3.63, 3.8) is 0 Å². The van der Waals surface area contributed by atoms with Gasteiger partial charge in [0, 0.05) is 18.1 Å². The van der Waals surface area contributed by atoms with E-state index >= 15 is 0 Å². The van der Waals surface area contributed by atoms with Crippen LogP contribution in [0.2, 0.25) is 0 Å². The molecule has 23 heavy (non-hydrogen) atoms. The summed E-state index contributed by atoms with van der Waals surface area (Å²) in [6.45, 7) is 6.47. The molecule has 0 N–H and O–H groups in total. The minimum absolute atomic E-state index is 0.0162. The van der Waals surface area contributed by atoms with Gasteiger partial charge in [0.2, 0.25) is 0 Å². The fourth-order valence-electron chi connectivity index (χ4n) is 2.66. The number of ketones is 1. The van der Waals surface area contributed by atoms with Gasteiger partial charge in [0.15, 0.2) is 5.78 Å². The van der Waals surface area contributed by atoms with Crippen LogP contribution in [0.15, 0.2) is 24.5 Å². The minimum atomic E-state index is -0.595. The van der Waals surface area contributed by atoms with Crippen molar-refractivity contribution in [3.8, 4) is 0 Å². The van der Waals surface area contributed by atoms with E-state index < -0.39 is 11.7 Å². The van der Waals surface area contributed by atoms with Gasteiger partial charge in [0.1, 0.15) is 11.9 Å². The highest BCUT2D eigenvalue weighted by Crippen LogP contribution is 2.24. The molecule has 1 saturated heterocycles. The molecule has 0 spiro atoms. The maximum absolute atomic E-state index is 12.6. The Labute approximate surface area is 134 Å². The number of hydrogen-bond acceptors (Lipinski definition) is 5. The Kier molecular flexibility index (Phi) is 3.93. The van der Waals surface area contributed by atoms with Gasteiger partial charge in [0.25, 0.3) is 0 Å². The SMILES string of the molecule is CC(C)(C)OC(=O)n1cnc2c(C(=O)C3CCOC3)cccc21. The average Bonchev–Trinajstić information content (AvgIpc) is 3.13. The van der Waals surface area contributed by atoms with Crippen molar-refractivity contribution in [2.45, 2.75) is 32.8 Å². The van der Waals surface area contributed by atoms with Gasteiger partial charge in [-0.15, -0.1) is 0 Å². The highest BCUT2D eigenvalue weighted by Gasteiger charge is 2.27. The quantitative estimate of drug-likeness (QED) is 0.796. The zero-order valence-electron chi connectivity index (χ0n) is 13.5. The zero-order chi connectivity index (χ0) is 16.6. The summed E-state index contributed by atoms with van der Waals surface area (Å²) in [4.78, 5) is 29.2. The molecular weight excluding hydrogens is 296 g/mol. The van der Waals surface area contributed by atoms with Crippen molar-refractivity contribution in [1.29, 1.82) is 0 Å². The van der Waals surface area contributed by atoms with Crippen molar-refractivity contribution in [1.82, 2.24) is 9.55 Å². The molecule has 1 aromatic carbocycles. The Morgan fingerprint density at radius 3 is 2.78 bits per heavy atom. The van der Waals surface area contributed by atoms with E-state index in [1.54, 1.807) is 39.0 Å². The Morgan fingerprint density at radius 2 is 2.13 bits per heavy atom. The summed E-state index contributed by atoms with van der Waals surface area (Å²) in [7, 11) is 0. The first-order chi connectivity index (χ1) is 10.9. The lowest BCUT2D eigenvalue weighted by atomic mass is 9.96. The van der Waals surface area contributed by atoms with E-state index in [4.69, 9.17) is 9.47 Å². The Balaban J connectivity index is 1.97. The molecule has 0 aliphatic carbocycles. The molecule has 0 saturated carbocycles. The topological polar surface area (TPSA) is 70.4 Å². The van der Waals surface area contributed by atoms with Crippen molar-refractivity contribution in [2.24, 2.45) is 5.92 Å². The Bertz CT molecular complexity index is 752. The van der Waals surface area contributed by atoms with Crippen LogP contribution in [0.5, 0.6) is 0 Å². The van der Waals surface area contributed by atoms with Gasteiger partial charge in [0.05, 0.1) is 17.6 Å². The fourth-order valence-corrected chi connectivity index (χ4v) is 2.66. The highest BCUT2D eigenvalue weighted by atomic mass is 16.6. The van der Waals surface area contributed by atoms with Crippen molar-refractivity contribution >= 4 is 22.9 Å². The van der Waals surface area contributed by atoms with Gasteiger partial charge in [-0.3, -0.25) is 4.79 Å². The lowest BCUT2D eigenvalue weighted by molar-refractivity contribution is 0.0543. The van der Waals surface area contributed by atoms with Gasteiger partial charge < -0.3 is 9.47 Å². The lowest BCUT2D eigenvalue weighted by Gasteiger charge is -2.19. The number of carbonyl (C=O) groups excluding carboxylic acids is 2. The van der Waals surface area contributed by atoms with Crippen LogP contribution in [-0.2, 0) is 9.47 Å². The van der Waals surface area contributed by atoms with E-state index in [1.807, 2.05) is 0 Å². The molecule has 0 bridgehead atoms. The molecule has 122 valence electrons. The predicted molar refractivity (Wildman–Crippen MR) is 84.6 cm³/mol. The van der Waals surface area contributed by atoms with Gasteiger partial charge in [-0.2, -0.15) is 0 Å². The predicted octanol–water partition coefficient (Wildman–Crippen LogP) is 3.04. The van der Waals surface area contributed by atoms with Crippen LogP contribution >= 0.6 is 0 Å². The molecule has 0 radical (unpaired) electrons. The number of Topliss-reactive ketones (excluding diaryl/α,β-unsaturated/α-hetero) is 1. The van der Waals surface area contributed by atoms with E-state index in [-0.39, 0.29) is 11.7 Å². The number of fused-ring (bicyclic) bond motifs is 1. The standard InChI is InChI=1S/C17H20N2O4/c1-17(2,3)23-16(21)19-10-18-14-12(5-4-6-13(14)19)15(20)11-7-8-22-9-11/h4-6,10-11H,7-9H2,1-3H3. The number of ether oxygens (including phenoxy) is 2. The molecule has 1 aliphatic heterocycles. The second-order valence-corrected chi connectivity index (χ2v) is 6.69. The summed E-state index contributed by atoms with van der Waals surface area (Å²) >= 11 is 0. The molecule has 1 atom stereocenters. The minimum Gasteiger partial charge on any atom is -0.443 e. The molecule has 3 rings (SSSR count). The van der Waals surface area contributed by atoms with Crippen LogP contribution in [0.25, 0.3) is 11.0 Å². The van der Waals surface area contributed by atoms with E-state index in [0.717, 1.165) is 6.42 Å². The highest BCUT2D eigenvalue weighted by molar-refractivity contribution is 6.08. The maximum Gasteiger partial charge on any atom is 0.420 e. The number of hydrogen-bond donors (Lipinski definition) is 0. The molecule has 6 heteroatoms. The van der Waals surface area contributed by atoms with Crippen molar-refractivity contribution in [3.05, 3.63) is 30.1 Å². The van der Waals surface area contributed by atoms with Crippen LogP contribution in [0.4, 0.5) is 4.79 Å². The molecule has 1 unspecified atom stereocenters. The van der Waals surface area contributed by atoms with E-state index in [2.05, 4.69) is 4.98 Å². The van der Waals surface area contributed by atoms with Crippen molar-refractivity contribution < 1.29 is 19.1 Å². The van der Waals surface area contributed by atoms with E-state index in [0.29, 0.717) is 29.8 Å². The number of nitrogens with zero attached hydrogens (tertiary/aromatic N) is 2. The van der Waals surface area contributed by atoms with Crippen LogP contribution in [0.1, 0.15) is 37.6 Å². The molecule has 2 heterocycles. The summed E-state index contributed by atoms with van der Waals surface area (Å²) in [5, 5.41) is 0. The molecule has 0 amide bonds. The number of carbonyl (C=O) groups is 2. The zero-order valence-corrected chi connectivity index (χ0v) is 13.5. The monoisotopic (exact) mass is 316 g/mol. The molecule has 6 nitrogen and oxygen atoms in total. The van der Waals surface area contributed by atoms with Crippen molar-refractivity contribution in [2.75, 3.05) is 13.2 Å². The summed E-state index contributed by atoms with van der Waals surface area (Å²) in [5.41, 5.74) is 1.03. The Morgan fingerprint density at radius 1 is 1.35 bits per heavy atom. The van der Waals surface area contributed by atoms with Crippen LogP contribution in [-0.4, -0.2) is 40.2 Å². The molecule has 1 fully saturated rings.